The predicted octanol–water partition coefficient (Wildman–Crippen LogP) is 4.08. The maximum atomic E-state index is 10.9. The molecule has 1 fully saturated rings. The minimum Gasteiger partial charge on any atom is -0.387 e. The van der Waals surface area contributed by atoms with Crippen LogP contribution in [-0.2, 0) is 0 Å². The van der Waals surface area contributed by atoms with Crippen molar-refractivity contribution in [3.63, 3.8) is 0 Å². The van der Waals surface area contributed by atoms with E-state index >= 15 is 0 Å². The summed E-state index contributed by atoms with van der Waals surface area (Å²) in [4.78, 5) is 10.5. The first-order valence-corrected chi connectivity index (χ1v) is 8.62. The molecule has 0 radical (unpaired) electrons. The van der Waals surface area contributed by atoms with E-state index in [1.54, 1.807) is 12.1 Å². The number of aliphatic hydroxyl groups is 1. The van der Waals surface area contributed by atoms with Crippen molar-refractivity contribution in [2.75, 3.05) is 6.54 Å². The molecule has 1 saturated carbocycles. The van der Waals surface area contributed by atoms with Crippen LogP contribution < -0.4 is 5.32 Å². The summed E-state index contributed by atoms with van der Waals surface area (Å²) in [5.41, 5.74) is 0.633. The number of hydrogen-bond donors (Lipinski definition) is 2. The fourth-order valence-electron chi connectivity index (χ4n) is 2.65. The molecule has 0 aliphatic heterocycles. The van der Waals surface area contributed by atoms with Crippen LogP contribution in [0.15, 0.2) is 21.1 Å². The Labute approximate surface area is 140 Å². The summed E-state index contributed by atoms with van der Waals surface area (Å²) in [6, 6.07) is 3.69. The van der Waals surface area contributed by atoms with Crippen LogP contribution in [0.5, 0.6) is 0 Å². The van der Waals surface area contributed by atoms with E-state index in [1.165, 1.54) is 19.3 Å². The van der Waals surface area contributed by atoms with E-state index in [9.17, 15) is 15.2 Å². The summed E-state index contributed by atoms with van der Waals surface area (Å²) in [5, 5.41) is 24.6. The molecule has 1 aromatic rings. The van der Waals surface area contributed by atoms with Gasteiger partial charge in [-0.3, -0.25) is 10.1 Å². The molecule has 0 spiro atoms. The number of aliphatic hydroxyl groups excluding tert-OH is 1. The van der Waals surface area contributed by atoms with Gasteiger partial charge in [0.2, 0.25) is 0 Å². The zero-order valence-electron chi connectivity index (χ0n) is 11.5. The fraction of sp³-hybridized carbons (Fsp3) is 0.571. The summed E-state index contributed by atoms with van der Waals surface area (Å²) in [6.45, 7) is 0.460. The molecule has 21 heavy (non-hydrogen) atoms. The summed E-state index contributed by atoms with van der Waals surface area (Å²) < 4.78 is 0.738. The molecule has 0 saturated heterocycles. The lowest BCUT2D eigenvalue weighted by molar-refractivity contribution is -0.386. The minimum absolute atomic E-state index is 0.0220. The van der Waals surface area contributed by atoms with E-state index < -0.39 is 11.0 Å². The van der Waals surface area contributed by atoms with Crippen molar-refractivity contribution in [1.29, 1.82) is 0 Å². The first-order chi connectivity index (χ1) is 9.99. The van der Waals surface area contributed by atoms with E-state index in [4.69, 9.17) is 0 Å². The highest BCUT2D eigenvalue weighted by molar-refractivity contribution is 9.11. The third kappa shape index (κ3) is 4.48. The van der Waals surface area contributed by atoms with Crippen molar-refractivity contribution < 1.29 is 10.0 Å². The SMILES string of the molecule is O=[N+]([O-])c1c(Br)cc(C(O)CNC2CCCCC2)cc1Br. The standard InChI is InChI=1S/C14H18Br2N2O3/c15-11-6-9(7-12(16)14(11)18(20)21)13(19)8-17-10-4-2-1-3-5-10/h6-7,10,13,17,19H,1-5,8H2. The lowest BCUT2D eigenvalue weighted by atomic mass is 9.95. The Bertz CT molecular complexity index is 496. The van der Waals surface area contributed by atoms with Crippen LogP contribution in [0.1, 0.15) is 43.8 Å². The van der Waals surface area contributed by atoms with Crippen LogP contribution in [0, 0.1) is 10.1 Å². The first kappa shape index (κ1) is 16.9. The maximum absolute atomic E-state index is 10.9. The smallest absolute Gasteiger partial charge is 0.297 e. The van der Waals surface area contributed by atoms with Crippen molar-refractivity contribution >= 4 is 37.5 Å². The van der Waals surface area contributed by atoms with Gasteiger partial charge >= 0.3 is 0 Å². The van der Waals surface area contributed by atoms with Crippen LogP contribution in [-0.4, -0.2) is 22.6 Å². The summed E-state index contributed by atoms with van der Waals surface area (Å²) >= 11 is 6.38. The van der Waals surface area contributed by atoms with Crippen molar-refractivity contribution in [1.82, 2.24) is 5.32 Å². The monoisotopic (exact) mass is 420 g/mol. The van der Waals surface area contributed by atoms with Gasteiger partial charge in [0.1, 0.15) is 0 Å². The topological polar surface area (TPSA) is 75.4 Å². The second kappa shape index (κ2) is 7.67. The molecule has 0 amide bonds. The van der Waals surface area contributed by atoms with Crippen molar-refractivity contribution in [2.45, 2.75) is 44.2 Å². The van der Waals surface area contributed by atoms with Crippen LogP contribution in [0.2, 0.25) is 0 Å². The van der Waals surface area contributed by atoms with Crippen molar-refractivity contribution in [2.24, 2.45) is 0 Å². The molecule has 1 aliphatic carbocycles. The average Bonchev–Trinajstić information content (AvgIpc) is 2.44. The number of nitrogens with zero attached hydrogens (tertiary/aromatic N) is 1. The molecule has 7 heteroatoms. The van der Waals surface area contributed by atoms with Crippen LogP contribution in [0.25, 0.3) is 0 Å². The van der Waals surface area contributed by atoms with Crippen molar-refractivity contribution in [3.8, 4) is 0 Å². The highest BCUT2D eigenvalue weighted by atomic mass is 79.9. The molecule has 5 nitrogen and oxygen atoms in total. The molecule has 1 aliphatic rings. The van der Waals surface area contributed by atoms with Gasteiger partial charge in [-0.2, -0.15) is 0 Å². The molecule has 0 heterocycles. The number of nitrogens with one attached hydrogen (secondary N) is 1. The molecular weight excluding hydrogens is 404 g/mol. The Kier molecular flexibility index (Phi) is 6.16. The molecule has 2 N–H and O–H groups in total. The number of halogens is 2. The Hall–Kier alpha value is -0.500. The number of hydrogen-bond acceptors (Lipinski definition) is 4. The quantitative estimate of drug-likeness (QED) is 0.554. The number of rotatable bonds is 5. The highest BCUT2D eigenvalue weighted by Gasteiger charge is 2.21. The minimum atomic E-state index is -0.680. The van der Waals surface area contributed by atoms with Gasteiger partial charge in [0, 0.05) is 12.6 Å². The van der Waals surface area contributed by atoms with Gasteiger partial charge in [-0.05, 0) is 62.4 Å². The van der Waals surface area contributed by atoms with E-state index in [-0.39, 0.29) is 5.69 Å². The normalized spacial score (nSPS) is 17.7. The Balaban J connectivity index is 2.02. The number of nitro groups is 1. The molecule has 1 atom stereocenters. The fourth-order valence-corrected chi connectivity index (χ4v) is 4.17. The molecule has 116 valence electrons. The van der Waals surface area contributed by atoms with E-state index in [0.717, 1.165) is 12.8 Å². The van der Waals surface area contributed by atoms with Gasteiger partial charge in [0.05, 0.1) is 20.0 Å². The van der Waals surface area contributed by atoms with Crippen LogP contribution in [0.3, 0.4) is 0 Å². The average molecular weight is 422 g/mol. The summed E-state index contributed by atoms with van der Waals surface area (Å²) in [6.07, 6.45) is 5.40. The number of benzene rings is 1. The Morgan fingerprint density at radius 3 is 2.38 bits per heavy atom. The van der Waals surface area contributed by atoms with E-state index in [1.807, 2.05) is 0 Å². The van der Waals surface area contributed by atoms with E-state index in [0.29, 0.717) is 27.1 Å². The Morgan fingerprint density at radius 2 is 1.86 bits per heavy atom. The van der Waals surface area contributed by atoms with Gasteiger partial charge < -0.3 is 10.4 Å². The molecule has 1 unspecified atom stereocenters. The van der Waals surface area contributed by atoms with Crippen LogP contribution >= 0.6 is 31.9 Å². The molecule has 0 aromatic heterocycles. The van der Waals surface area contributed by atoms with Crippen molar-refractivity contribution in [3.05, 3.63) is 36.8 Å². The number of nitro benzene ring substituents is 1. The van der Waals surface area contributed by atoms with Crippen LogP contribution in [0.4, 0.5) is 5.69 Å². The third-order valence-electron chi connectivity index (χ3n) is 3.81. The molecule has 1 aromatic carbocycles. The largest absolute Gasteiger partial charge is 0.387 e. The zero-order chi connectivity index (χ0) is 15.4. The molecule has 2 rings (SSSR count). The summed E-state index contributed by atoms with van der Waals surface area (Å²) in [7, 11) is 0. The lowest BCUT2D eigenvalue weighted by Gasteiger charge is -2.24. The lowest BCUT2D eigenvalue weighted by Crippen LogP contribution is -2.34. The summed E-state index contributed by atoms with van der Waals surface area (Å²) in [5.74, 6) is 0. The molecule has 0 bridgehead atoms. The van der Waals surface area contributed by atoms with Gasteiger partial charge in [-0.25, -0.2) is 0 Å². The first-order valence-electron chi connectivity index (χ1n) is 7.04. The zero-order valence-corrected chi connectivity index (χ0v) is 14.7. The maximum Gasteiger partial charge on any atom is 0.297 e. The second-order valence-corrected chi connectivity index (χ2v) is 7.06. The third-order valence-corrected chi connectivity index (χ3v) is 5.02. The van der Waals surface area contributed by atoms with Gasteiger partial charge in [-0.1, -0.05) is 19.3 Å². The predicted molar refractivity (Wildman–Crippen MR) is 88.3 cm³/mol. The van der Waals surface area contributed by atoms with E-state index in [2.05, 4.69) is 37.2 Å². The van der Waals surface area contributed by atoms with Gasteiger partial charge in [0.15, 0.2) is 0 Å². The van der Waals surface area contributed by atoms with Gasteiger partial charge in [0.25, 0.3) is 5.69 Å². The molecular formula is C14H18Br2N2O3. The van der Waals surface area contributed by atoms with Gasteiger partial charge in [-0.15, -0.1) is 0 Å². The highest BCUT2D eigenvalue weighted by Crippen LogP contribution is 2.35. The Morgan fingerprint density at radius 1 is 1.29 bits per heavy atom. The second-order valence-electron chi connectivity index (χ2n) is 5.35.